The number of rotatable bonds is 8. The summed E-state index contributed by atoms with van der Waals surface area (Å²) in [5.74, 6) is -0.897. The van der Waals surface area contributed by atoms with Crippen LogP contribution in [0, 0.1) is 0 Å². The van der Waals surface area contributed by atoms with Crippen LogP contribution in [0.2, 0.25) is 5.32 Å². The van der Waals surface area contributed by atoms with Gasteiger partial charge < -0.3 is 0 Å². The van der Waals surface area contributed by atoms with Gasteiger partial charge in [0.05, 0.1) is 0 Å². The van der Waals surface area contributed by atoms with Crippen LogP contribution in [-0.2, 0) is 6.42 Å². The third-order valence-electron chi connectivity index (χ3n) is 2.77. The average Bonchev–Trinajstić information content (AvgIpc) is 2.38. The molecule has 5 nitrogen and oxygen atoms in total. The Bertz CT molecular complexity index is 432. The van der Waals surface area contributed by atoms with Gasteiger partial charge in [-0.15, -0.1) is 0 Å². The predicted octanol–water partition coefficient (Wildman–Crippen LogP) is 0.391. The van der Waals surface area contributed by atoms with E-state index in [4.69, 9.17) is 15.2 Å². The predicted molar refractivity (Wildman–Crippen MR) is 79.7 cm³/mol. The minimum absolute atomic E-state index is 0.116. The van der Waals surface area contributed by atoms with Crippen molar-refractivity contribution in [3.8, 4) is 11.5 Å². The van der Waals surface area contributed by atoms with Crippen LogP contribution in [-0.4, -0.2) is 45.3 Å². The van der Waals surface area contributed by atoms with Gasteiger partial charge in [-0.05, 0) is 0 Å². The number of ether oxygens (including phenoxy) is 2. The van der Waals surface area contributed by atoms with Crippen molar-refractivity contribution >= 4 is 19.4 Å². The Hall–Kier alpha value is -0.781. The average molecular weight is 348 g/mol. The van der Waals surface area contributed by atoms with Gasteiger partial charge >= 0.3 is 126 Å². The second-order valence-electron chi connectivity index (χ2n) is 4.57. The first kappa shape index (κ1) is 17.3. The van der Waals surface area contributed by atoms with Crippen LogP contribution >= 0.6 is 0 Å². The summed E-state index contributed by atoms with van der Waals surface area (Å²) in [6, 6.07) is 3.69. The zero-order valence-corrected chi connectivity index (χ0v) is 13.9. The van der Waals surface area contributed by atoms with Crippen molar-refractivity contribution in [2.75, 3.05) is 14.2 Å². The zero-order chi connectivity index (χ0) is 15.2. The van der Waals surface area contributed by atoms with E-state index in [1.807, 2.05) is 6.07 Å². The molecule has 0 saturated carbocycles. The number of unbranched alkanes of at least 4 members (excludes halogenated alkanes) is 1. The number of aliphatic hydroxyl groups is 2. The van der Waals surface area contributed by atoms with Gasteiger partial charge in [-0.1, -0.05) is 0 Å². The molecule has 6 heteroatoms. The molecular formula is C14H23NO4Se. The Morgan fingerprint density at radius 2 is 1.85 bits per heavy atom. The number of benzene rings is 1. The maximum absolute atomic E-state index is 9.34. The first-order valence-corrected chi connectivity index (χ1v) is 8.59. The quantitative estimate of drug-likeness (QED) is 0.360. The van der Waals surface area contributed by atoms with Crippen molar-refractivity contribution in [1.82, 2.24) is 0 Å². The summed E-state index contributed by atoms with van der Waals surface area (Å²) in [6.45, 7) is 2.17. The molecule has 0 aliphatic carbocycles. The second kappa shape index (κ2) is 7.86. The van der Waals surface area contributed by atoms with Crippen LogP contribution in [0.3, 0.4) is 0 Å². The molecule has 114 valence electrons. The first-order valence-electron chi connectivity index (χ1n) is 6.52. The molecule has 1 rings (SSSR count). The molecule has 0 bridgehead atoms. The van der Waals surface area contributed by atoms with Crippen LogP contribution in [0.15, 0.2) is 12.1 Å². The van der Waals surface area contributed by atoms with E-state index in [1.165, 1.54) is 12.8 Å². The molecule has 20 heavy (non-hydrogen) atoms. The van der Waals surface area contributed by atoms with Gasteiger partial charge in [0.15, 0.2) is 0 Å². The molecule has 0 atom stereocenters. The normalized spacial score (nSPS) is 11.5. The SMILES string of the molecule is CCCC[Se]c1cc(OC)c(CC(N)(O)O)cc1OC. The van der Waals surface area contributed by atoms with E-state index in [0.29, 0.717) is 26.3 Å². The molecule has 1 aromatic carbocycles. The molecule has 0 unspecified atom stereocenters. The first-order chi connectivity index (χ1) is 9.41. The summed E-state index contributed by atoms with van der Waals surface area (Å²) in [4.78, 5) is 0. The van der Waals surface area contributed by atoms with Crippen molar-refractivity contribution < 1.29 is 19.7 Å². The summed E-state index contributed by atoms with van der Waals surface area (Å²) >= 11 is 0.311. The molecular weight excluding hydrogens is 325 g/mol. The summed E-state index contributed by atoms with van der Waals surface area (Å²) in [7, 11) is 3.17. The van der Waals surface area contributed by atoms with Crippen molar-refractivity contribution in [2.24, 2.45) is 5.73 Å². The molecule has 0 aliphatic rings. The van der Waals surface area contributed by atoms with Crippen molar-refractivity contribution in [1.29, 1.82) is 0 Å². The molecule has 0 amide bonds. The third kappa shape index (κ3) is 5.31. The van der Waals surface area contributed by atoms with Crippen LogP contribution in [0.25, 0.3) is 0 Å². The van der Waals surface area contributed by atoms with Crippen LogP contribution in [0.5, 0.6) is 11.5 Å². The van der Waals surface area contributed by atoms with E-state index in [2.05, 4.69) is 6.92 Å². The van der Waals surface area contributed by atoms with Gasteiger partial charge in [0.2, 0.25) is 0 Å². The fourth-order valence-corrected chi connectivity index (χ4v) is 4.16. The number of hydrogen-bond donors (Lipinski definition) is 3. The Kier molecular flexibility index (Phi) is 6.79. The van der Waals surface area contributed by atoms with Crippen LogP contribution in [0.1, 0.15) is 25.3 Å². The van der Waals surface area contributed by atoms with Crippen LogP contribution < -0.4 is 19.7 Å². The van der Waals surface area contributed by atoms with Crippen molar-refractivity contribution in [2.45, 2.75) is 37.4 Å². The summed E-state index contributed by atoms with van der Waals surface area (Å²) in [6.07, 6.45) is 2.24. The molecule has 0 aromatic heterocycles. The third-order valence-corrected chi connectivity index (χ3v) is 5.13. The van der Waals surface area contributed by atoms with E-state index in [1.54, 1.807) is 20.3 Å². The monoisotopic (exact) mass is 349 g/mol. The Balaban J connectivity index is 3.03. The van der Waals surface area contributed by atoms with Gasteiger partial charge in [0.25, 0.3) is 0 Å². The molecule has 0 saturated heterocycles. The van der Waals surface area contributed by atoms with Gasteiger partial charge in [0.1, 0.15) is 0 Å². The number of nitrogens with two attached hydrogens (primary N) is 1. The summed E-state index contributed by atoms with van der Waals surface area (Å²) in [5, 5.41) is 19.8. The van der Waals surface area contributed by atoms with E-state index in [9.17, 15) is 10.2 Å². The standard InChI is InChI=1S/C14H23NO4Se/c1-4-5-6-20-13-8-11(18-2)10(7-12(13)19-3)9-14(15,16)17/h7-8,16-17H,4-6,9,15H2,1-3H3. The summed E-state index contributed by atoms with van der Waals surface area (Å²) < 4.78 is 11.8. The topological polar surface area (TPSA) is 84.9 Å². The molecule has 0 heterocycles. The summed E-state index contributed by atoms with van der Waals surface area (Å²) in [5.41, 5.74) is 5.86. The number of hydrogen-bond acceptors (Lipinski definition) is 5. The van der Waals surface area contributed by atoms with Gasteiger partial charge in [-0.2, -0.15) is 0 Å². The van der Waals surface area contributed by atoms with Gasteiger partial charge in [-0.3, -0.25) is 0 Å². The second-order valence-corrected chi connectivity index (χ2v) is 6.96. The Labute approximate surface area is 126 Å². The minimum atomic E-state index is -2.26. The molecule has 0 radical (unpaired) electrons. The molecule has 0 aliphatic heterocycles. The van der Waals surface area contributed by atoms with Crippen molar-refractivity contribution in [3.63, 3.8) is 0 Å². The fourth-order valence-electron chi connectivity index (χ4n) is 1.79. The maximum atomic E-state index is 9.34. The van der Waals surface area contributed by atoms with Crippen molar-refractivity contribution in [3.05, 3.63) is 17.7 Å². The molecule has 1 aromatic rings. The Morgan fingerprint density at radius 3 is 2.35 bits per heavy atom. The van der Waals surface area contributed by atoms with E-state index in [0.717, 1.165) is 15.5 Å². The zero-order valence-electron chi connectivity index (χ0n) is 12.2. The molecule has 4 N–H and O–H groups in total. The van der Waals surface area contributed by atoms with E-state index < -0.39 is 5.91 Å². The van der Waals surface area contributed by atoms with Crippen LogP contribution in [0.4, 0.5) is 0 Å². The number of methoxy groups -OCH3 is 2. The fraction of sp³-hybridized carbons (Fsp3) is 0.571. The van der Waals surface area contributed by atoms with E-state index >= 15 is 0 Å². The molecule has 0 fully saturated rings. The Morgan fingerprint density at radius 1 is 1.20 bits per heavy atom. The van der Waals surface area contributed by atoms with Gasteiger partial charge in [-0.25, -0.2) is 0 Å². The molecule has 0 spiro atoms. The van der Waals surface area contributed by atoms with E-state index in [-0.39, 0.29) is 6.42 Å². The van der Waals surface area contributed by atoms with Gasteiger partial charge in [0, 0.05) is 0 Å².